The van der Waals surface area contributed by atoms with E-state index in [2.05, 4.69) is 29.0 Å². The van der Waals surface area contributed by atoms with Gasteiger partial charge in [-0.2, -0.15) is 0 Å². The third-order valence-electron chi connectivity index (χ3n) is 3.82. The van der Waals surface area contributed by atoms with Gasteiger partial charge >= 0.3 is 5.97 Å². The van der Waals surface area contributed by atoms with Crippen LogP contribution in [0.3, 0.4) is 0 Å². The summed E-state index contributed by atoms with van der Waals surface area (Å²) in [6.07, 6.45) is 3.31. The highest BCUT2D eigenvalue weighted by Crippen LogP contribution is 2.20. The number of ether oxygens (including phenoxy) is 1. The highest BCUT2D eigenvalue weighted by atomic mass is 16.5. The lowest BCUT2D eigenvalue weighted by molar-refractivity contribution is -0.140. The van der Waals surface area contributed by atoms with E-state index >= 15 is 0 Å². The van der Waals surface area contributed by atoms with Gasteiger partial charge in [-0.3, -0.25) is 4.79 Å². The van der Waals surface area contributed by atoms with E-state index in [1.54, 1.807) is 0 Å². The molecule has 2 rings (SSSR count). The average molecular weight is 297 g/mol. The molecule has 0 saturated carbocycles. The molecule has 3 heteroatoms. The monoisotopic (exact) mass is 297 g/mol. The first-order chi connectivity index (χ1) is 10.7. The molecule has 116 valence electrons. The smallest absolute Gasteiger partial charge is 0.305 e. The Kier molecular flexibility index (Phi) is 6.16. The van der Waals surface area contributed by atoms with Crippen LogP contribution in [0.15, 0.2) is 54.6 Å². The van der Waals surface area contributed by atoms with Crippen LogP contribution in [0.4, 0.5) is 0 Å². The van der Waals surface area contributed by atoms with E-state index < -0.39 is 0 Å². The summed E-state index contributed by atoms with van der Waals surface area (Å²) >= 11 is 0. The summed E-state index contributed by atoms with van der Waals surface area (Å²) in [5.74, 6) is -0.135. The second-order valence-electron chi connectivity index (χ2n) is 5.41. The summed E-state index contributed by atoms with van der Waals surface area (Å²) in [4.78, 5) is 11.0. The molecule has 3 nitrogen and oxygen atoms in total. The predicted molar refractivity (Wildman–Crippen MR) is 88.5 cm³/mol. The zero-order valence-corrected chi connectivity index (χ0v) is 13.0. The van der Waals surface area contributed by atoms with Gasteiger partial charge < -0.3 is 10.5 Å². The summed E-state index contributed by atoms with van der Waals surface area (Å²) < 4.78 is 4.63. The number of hydrogen-bond acceptors (Lipinski definition) is 3. The fourth-order valence-corrected chi connectivity index (χ4v) is 2.44. The maximum absolute atomic E-state index is 11.0. The first kappa shape index (κ1) is 16.2. The molecule has 0 spiro atoms. The van der Waals surface area contributed by atoms with Gasteiger partial charge in [0.15, 0.2) is 0 Å². The van der Waals surface area contributed by atoms with Crippen LogP contribution >= 0.6 is 0 Å². The van der Waals surface area contributed by atoms with E-state index in [4.69, 9.17) is 5.73 Å². The minimum atomic E-state index is -0.135. The first-order valence-corrected chi connectivity index (χ1v) is 7.67. The zero-order chi connectivity index (χ0) is 15.8. The fourth-order valence-electron chi connectivity index (χ4n) is 2.44. The normalized spacial score (nSPS) is 11.9. The van der Waals surface area contributed by atoms with Crippen LogP contribution in [0.25, 0.3) is 0 Å². The minimum absolute atomic E-state index is 0.0884. The summed E-state index contributed by atoms with van der Waals surface area (Å²) in [6, 6.07) is 18.4. The molecule has 0 radical (unpaired) electrons. The molecule has 1 atom stereocenters. The van der Waals surface area contributed by atoms with Crippen LogP contribution in [0.1, 0.15) is 42.0 Å². The van der Waals surface area contributed by atoms with E-state index in [0.29, 0.717) is 6.42 Å². The number of benzene rings is 2. The molecule has 1 unspecified atom stereocenters. The number of unbranched alkanes of at least 4 members (excludes halogenated alkanes) is 1. The summed E-state index contributed by atoms with van der Waals surface area (Å²) in [5.41, 5.74) is 9.79. The first-order valence-electron chi connectivity index (χ1n) is 7.67. The van der Waals surface area contributed by atoms with Crippen molar-refractivity contribution in [2.45, 2.75) is 31.7 Å². The quantitative estimate of drug-likeness (QED) is 0.627. The Morgan fingerprint density at radius 3 is 2.27 bits per heavy atom. The third kappa shape index (κ3) is 4.71. The lowest BCUT2D eigenvalue weighted by Gasteiger charge is -2.13. The van der Waals surface area contributed by atoms with E-state index in [1.807, 2.05) is 30.3 Å². The highest BCUT2D eigenvalue weighted by molar-refractivity contribution is 5.68. The molecule has 0 heterocycles. The Bertz CT molecular complexity index is 578. The number of rotatable bonds is 7. The predicted octanol–water partition coefficient (Wildman–Crippen LogP) is 3.62. The Balaban J connectivity index is 1.86. The van der Waals surface area contributed by atoms with Crippen LogP contribution in [0, 0.1) is 0 Å². The number of esters is 1. The lowest BCUT2D eigenvalue weighted by atomic mass is 9.97. The van der Waals surface area contributed by atoms with Crippen LogP contribution < -0.4 is 5.73 Å². The molecule has 0 aliphatic heterocycles. The van der Waals surface area contributed by atoms with Crippen molar-refractivity contribution in [3.8, 4) is 0 Å². The largest absolute Gasteiger partial charge is 0.469 e. The highest BCUT2D eigenvalue weighted by Gasteiger charge is 2.08. The van der Waals surface area contributed by atoms with Gasteiger partial charge in [0.2, 0.25) is 0 Å². The number of methoxy groups -OCH3 is 1. The van der Waals surface area contributed by atoms with E-state index in [9.17, 15) is 4.79 Å². The molecule has 0 saturated heterocycles. The average Bonchev–Trinajstić information content (AvgIpc) is 2.59. The van der Waals surface area contributed by atoms with Gasteiger partial charge in [-0.15, -0.1) is 0 Å². The Hall–Kier alpha value is -2.13. The molecule has 0 amide bonds. The standard InChI is InChI=1S/C19H23NO2/c1-22-18(21)10-6-5-7-15-11-13-17(14-12-15)19(20)16-8-3-2-4-9-16/h2-4,8-9,11-14,19H,5-7,10,20H2,1H3. The molecular formula is C19H23NO2. The van der Waals surface area contributed by atoms with Gasteiger partial charge in [-0.05, 0) is 36.0 Å². The van der Waals surface area contributed by atoms with Gasteiger partial charge in [0.05, 0.1) is 13.2 Å². The van der Waals surface area contributed by atoms with Crippen molar-refractivity contribution in [2.24, 2.45) is 5.73 Å². The van der Waals surface area contributed by atoms with Crippen molar-refractivity contribution in [2.75, 3.05) is 7.11 Å². The van der Waals surface area contributed by atoms with Crippen LogP contribution in [0.2, 0.25) is 0 Å². The van der Waals surface area contributed by atoms with Crippen molar-refractivity contribution in [1.82, 2.24) is 0 Å². The minimum Gasteiger partial charge on any atom is -0.469 e. The molecule has 0 aliphatic rings. The molecule has 2 aromatic carbocycles. The lowest BCUT2D eigenvalue weighted by Crippen LogP contribution is -2.11. The Morgan fingerprint density at radius 1 is 1.00 bits per heavy atom. The van der Waals surface area contributed by atoms with Crippen molar-refractivity contribution in [3.05, 3.63) is 71.3 Å². The molecular weight excluding hydrogens is 274 g/mol. The molecule has 2 N–H and O–H groups in total. The SMILES string of the molecule is COC(=O)CCCCc1ccc(C(N)c2ccccc2)cc1. The van der Waals surface area contributed by atoms with Gasteiger partial charge in [0.25, 0.3) is 0 Å². The zero-order valence-electron chi connectivity index (χ0n) is 13.0. The summed E-state index contributed by atoms with van der Waals surface area (Å²) in [6.45, 7) is 0. The van der Waals surface area contributed by atoms with E-state index in [0.717, 1.165) is 30.4 Å². The van der Waals surface area contributed by atoms with Crippen molar-refractivity contribution < 1.29 is 9.53 Å². The molecule has 0 aliphatic carbocycles. The molecule has 0 fully saturated rings. The van der Waals surface area contributed by atoms with Gasteiger partial charge in [0.1, 0.15) is 0 Å². The molecule has 0 aromatic heterocycles. The van der Waals surface area contributed by atoms with Crippen molar-refractivity contribution >= 4 is 5.97 Å². The number of carbonyl (C=O) groups excluding carboxylic acids is 1. The van der Waals surface area contributed by atoms with E-state index in [-0.39, 0.29) is 12.0 Å². The number of carbonyl (C=O) groups is 1. The number of aryl methyl sites for hydroxylation is 1. The second kappa shape index (κ2) is 8.35. The maximum atomic E-state index is 11.0. The Labute approximate surface area is 132 Å². The Morgan fingerprint density at radius 2 is 1.64 bits per heavy atom. The fraction of sp³-hybridized carbons (Fsp3) is 0.316. The van der Waals surface area contributed by atoms with Crippen LogP contribution in [0.5, 0.6) is 0 Å². The van der Waals surface area contributed by atoms with Gasteiger partial charge in [0, 0.05) is 6.42 Å². The molecule has 2 aromatic rings. The number of hydrogen-bond donors (Lipinski definition) is 1. The van der Waals surface area contributed by atoms with Gasteiger partial charge in [-0.1, -0.05) is 54.6 Å². The molecule has 22 heavy (non-hydrogen) atoms. The third-order valence-corrected chi connectivity index (χ3v) is 3.82. The van der Waals surface area contributed by atoms with E-state index in [1.165, 1.54) is 12.7 Å². The topological polar surface area (TPSA) is 52.3 Å². The molecule has 0 bridgehead atoms. The maximum Gasteiger partial charge on any atom is 0.305 e. The van der Waals surface area contributed by atoms with Crippen molar-refractivity contribution in [3.63, 3.8) is 0 Å². The second-order valence-corrected chi connectivity index (χ2v) is 5.41. The van der Waals surface area contributed by atoms with Crippen LogP contribution in [-0.4, -0.2) is 13.1 Å². The number of nitrogens with two attached hydrogens (primary N) is 1. The summed E-state index contributed by atoms with van der Waals surface area (Å²) in [5, 5.41) is 0. The van der Waals surface area contributed by atoms with Crippen molar-refractivity contribution in [1.29, 1.82) is 0 Å². The van der Waals surface area contributed by atoms with Crippen LogP contribution in [-0.2, 0) is 16.0 Å². The van der Waals surface area contributed by atoms with Gasteiger partial charge in [-0.25, -0.2) is 0 Å². The summed E-state index contributed by atoms with van der Waals surface area (Å²) in [7, 11) is 1.43.